The van der Waals surface area contributed by atoms with Gasteiger partial charge in [0, 0.05) is 24.1 Å². The molecular formula is C51H62N8O7. The van der Waals surface area contributed by atoms with E-state index < -0.39 is 29.7 Å². The monoisotopic (exact) mass is 898 g/mol. The molecule has 2 aliphatic carbocycles. The van der Waals surface area contributed by atoms with Gasteiger partial charge in [0.2, 0.25) is 11.8 Å². The Hall–Kier alpha value is -6.25. The molecule has 15 nitrogen and oxygen atoms in total. The minimum atomic E-state index is -0.729. The molecule has 4 N–H and O–H groups in total. The van der Waals surface area contributed by atoms with Crippen molar-refractivity contribution in [2.45, 2.75) is 117 Å². The summed E-state index contributed by atoms with van der Waals surface area (Å²) < 4.78 is 9.64. The van der Waals surface area contributed by atoms with Crippen LogP contribution in [0, 0.1) is 23.2 Å². The number of nitrogens with zero attached hydrogens (tertiary/aromatic N) is 4. The standard InChI is InChI=1S/C51H62N8O7/c1-27(2)42(56-49(63)65-6)47(61)58-22-8-10-39(58)45-52-35-16-12-30(24-37(35)54-45)32-14-15-33(41-34(32)26-51(44(41)60)20-18-29(5)19-21-51)31-13-17-36-38(25-31)55-46(53-36)40-11-9-23-59(40)48(62)43(28(3)4)57-50(64)66-7/h12-17,24-25,27-29,39-40,42-43H,8-11,18-23,26H2,1-7H3,(H,52,54)(H,53,55)(H,56,63)(H,57,64)/t29?,39?,40?,42-,43-,51?/m0/s1. The summed E-state index contributed by atoms with van der Waals surface area (Å²) in [6.45, 7) is 11.0. The number of H-pyrrole nitrogens is 2. The molecule has 4 aliphatic rings. The van der Waals surface area contributed by atoms with E-state index in [1.165, 1.54) is 14.2 Å². The molecule has 15 heteroatoms. The van der Waals surface area contributed by atoms with Crippen molar-refractivity contribution in [3.05, 3.63) is 71.3 Å². The van der Waals surface area contributed by atoms with Crippen molar-refractivity contribution >= 4 is 51.9 Å². The van der Waals surface area contributed by atoms with E-state index in [-0.39, 0.29) is 41.5 Å². The first-order chi connectivity index (χ1) is 31.7. The normalized spacial score (nSPS) is 22.7. The Morgan fingerprint density at radius 1 is 0.697 bits per heavy atom. The van der Waals surface area contributed by atoms with Crippen LogP contribution < -0.4 is 10.6 Å². The Kier molecular flexibility index (Phi) is 12.2. The lowest BCUT2D eigenvalue weighted by Crippen LogP contribution is -2.51. The molecule has 9 rings (SSSR count). The van der Waals surface area contributed by atoms with Gasteiger partial charge >= 0.3 is 12.2 Å². The van der Waals surface area contributed by atoms with Crippen LogP contribution in [0.15, 0.2) is 48.5 Å². The molecule has 2 unspecified atom stereocenters. The predicted molar refractivity (Wildman–Crippen MR) is 250 cm³/mol. The average molecular weight is 899 g/mol. The van der Waals surface area contributed by atoms with Crippen LogP contribution in [0.2, 0.25) is 0 Å². The summed E-state index contributed by atoms with van der Waals surface area (Å²) in [7, 11) is 2.58. The molecule has 2 saturated heterocycles. The molecule has 66 heavy (non-hydrogen) atoms. The Morgan fingerprint density at radius 3 is 1.64 bits per heavy atom. The summed E-state index contributed by atoms with van der Waals surface area (Å²) in [5.74, 6) is 1.62. The molecule has 1 saturated carbocycles. The van der Waals surface area contributed by atoms with E-state index in [0.717, 1.165) is 107 Å². The van der Waals surface area contributed by atoms with Gasteiger partial charge in [0.1, 0.15) is 23.7 Å². The van der Waals surface area contributed by atoms with Crippen molar-refractivity contribution in [1.82, 2.24) is 40.4 Å². The molecule has 2 aliphatic heterocycles. The molecule has 3 fully saturated rings. The highest BCUT2D eigenvalue weighted by atomic mass is 16.5. The van der Waals surface area contributed by atoms with Gasteiger partial charge in [-0.05, 0) is 128 Å². The van der Waals surface area contributed by atoms with Crippen molar-refractivity contribution < 1.29 is 33.4 Å². The predicted octanol–water partition coefficient (Wildman–Crippen LogP) is 8.80. The van der Waals surface area contributed by atoms with Gasteiger partial charge in [-0.1, -0.05) is 58.9 Å². The van der Waals surface area contributed by atoms with E-state index in [2.05, 4.69) is 57.9 Å². The number of hydrogen-bond acceptors (Lipinski definition) is 9. The minimum Gasteiger partial charge on any atom is -0.453 e. The van der Waals surface area contributed by atoms with Gasteiger partial charge in [0.05, 0.1) is 48.4 Å². The molecule has 4 atom stereocenters. The number of likely N-dealkylation sites (tertiary alicyclic amines) is 2. The maximum atomic E-state index is 15.0. The Balaban J connectivity index is 1.04. The van der Waals surface area contributed by atoms with Crippen LogP contribution in [-0.2, 0) is 25.5 Å². The maximum Gasteiger partial charge on any atom is 0.407 e. The zero-order chi connectivity index (χ0) is 46.6. The van der Waals surface area contributed by atoms with Gasteiger partial charge in [-0.2, -0.15) is 0 Å². The first kappa shape index (κ1) is 44.9. The number of imidazole rings is 2. The largest absolute Gasteiger partial charge is 0.453 e. The number of ketones is 1. The molecule has 4 amide bonds. The van der Waals surface area contributed by atoms with Gasteiger partial charge in [-0.3, -0.25) is 14.4 Å². The zero-order valence-corrected chi connectivity index (χ0v) is 39.1. The van der Waals surface area contributed by atoms with Gasteiger partial charge in [-0.25, -0.2) is 19.6 Å². The summed E-state index contributed by atoms with van der Waals surface area (Å²) in [4.78, 5) is 87.8. The molecule has 348 valence electrons. The van der Waals surface area contributed by atoms with Crippen LogP contribution >= 0.6 is 0 Å². The summed E-state index contributed by atoms with van der Waals surface area (Å²) in [6.07, 6.45) is 6.29. The fourth-order valence-corrected chi connectivity index (χ4v) is 11.1. The molecule has 2 aromatic heterocycles. The second kappa shape index (κ2) is 17.9. The lowest BCUT2D eigenvalue weighted by molar-refractivity contribution is -0.136. The van der Waals surface area contributed by atoms with Crippen molar-refractivity contribution in [2.75, 3.05) is 27.3 Å². The number of nitrogens with one attached hydrogen (secondary N) is 4. The van der Waals surface area contributed by atoms with Gasteiger partial charge in [0.15, 0.2) is 5.78 Å². The highest BCUT2D eigenvalue weighted by Crippen LogP contribution is 2.53. The number of carbonyl (C=O) groups excluding carboxylic acids is 5. The van der Waals surface area contributed by atoms with Gasteiger partial charge in [-0.15, -0.1) is 0 Å². The second-order valence-corrected chi connectivity index (χ2v) is 19.8. The Morgan fingerprint density at radius 2 is 1.17 bits per heavy atom. The molecular weight excluding hydrogens is 837 g/mol. The number of fused-ring (bicyclic) bond motifs is 3. The summed E-state index contributed by atoms with van der Waals surface area (Å²) in [5.41, 5.74) is 8.48. The lowest BCUT2D eigenvalue weighted by Gasteiger charge is -2.34. The van der Waals surface area contributed by atoms with Crippen molar-refractivity contribution in [3.8, 4) is 22.3 Å². The Bertz CT molecular complexity index is 2710. The van der Waals surface area contributed by atoms with Gasteiger partial charge < -0.3 is 39.9 Å². The molecule has 4 heterocycles. The van der Waals surface area contributed by atoms with Crippen LogP contribution in [0.4, 0.5) is 9.59 Å². The smallest absolute Gasteiger partial charge is 0.407 e. The van der Waals surface area contributed by atoms with Crippen LogP contribution in [0.25, 0.3) is 44.3 Å². The Labute approximate surface area is 385 Å². The summed E-state index contributed by atoms with van der Waals surface area (Å²) in [6, 6.07) is 14.6. The number of aromatic nitrogens is 4. The number of aromatic amines is 2. The topological polar surface area (TPSA) is 192 Å². The number of rotatable bonds is 10. The van der Waals surface area contributed by atoms with Crippen molar-refractivity contribution in [1.29, 1.82) is 0 Å². The number of Topliss-reactive ketones (excluding diaryl/α,β-unsaturated/α-hetero) is 1. The van der Waals surface area contributed by atoms with Gasteiger partial charge in [0.25, 0.3) is 0 Å². The number of methoxy groups -OCH3 is 2. The number of carbonyl (C=O) groups is 5. The first-order valence-electron chi connectivity index (χ1n) is 23.7. The highest BCUT2D eigenvalue weighted by Gasteiger charge is 2.49. The van der Waals surface area contributed by atoms with E-state index in [9.17, 15) is 19.2 Å². The SMILES string of the molecule is COC(=O)N[C@H](C(=O)N1CCCC1c1nc2ccc(-c3ccc(-c4ccc5nc(C6CCCN6C(=O)[C@@H](NC(=O)OC)C(C)C)[nH]c5c4)c4c3CC3(CCC(C)CC3)C4=O)cc2[nH]1)C(C)C. The third-order valence-corrected chi connectivity index (χ3v) is 14.9. The molecule has 1 spiro atoms. The van der Waals surface area contributed by atoms with Crippen molar-refractivity contribution in [3.63, 3.8) is 0 Å². The van der Waals surface area contributed by atoms with Crippen LogP contribution in [-0.4, -0.2) is 98.9 Å². The molecule has 0 bridgehead atoms. The third kappa shape index (κ3) is 8.08. The van der Waals surface area contributed by atoms with Crippen LogP contribution in [0.1, 0.15) is 126 Å². The number of benzene rings is 3. The number of amides is 4. The maximum absolute atomic E-state index is 15.0. The fraction of sp³-hybridized carbons (Fsp3) is 0.510. The zero-order valence-electron chi connectivity index (χ0n) is 39.1. The van der Waals surface area contributed by atoms with E-state index in [4.69, 9.17) is 19.4 Å². The van der Waals surface area contributed by atoms with Crippen LogP contribution in [0.5, 0.6) is 0 Å². The second-order valence-electron chi connectivity index (χ2n) is 19.8. The lowest BCUT2D eigenvalue weighted by atomic mass is 9.68. The molecule has 5 aromatic rings. The van der Waals surface area contributed by atoms with E-state index in [1.54, 1.807) is 0 Å². The van der Waals surface area contributed by atoms with Crippen LogP contribution in [0.3, 0.4) is 0 Å². The first-order valence-corrected chi connectivity index (χ1v) is 23.7. The van der Waals surface area contributed by atoms with E-state index in [1.807, 2.05) is 55.7 Å². The number of ether oxygens (including phenoxy) is 2. The number of hydrogen-bond donors (Lipinski definition) is 4. The van der Waals surface area contributed by atoms with E-state index >= 15 is 4.79 Å². The molecule has 0 radical (unpaired) electrons. The van der Waals surface area contributed by atoms with E-state index in [0.29, 0.717) is 37.1 Å². The molecule has 3 aromatic carbocycles. The summed E-state index contributed by atoms with van der Waals surface area (Å²) in [5, 5.41) is 5.45. The minimum absolute atomic E-state index is 0.136. The van der Waals surface area contributed by atoms with Crippen molar-refractivity contribution in [2.24, 2.45) is 23.2 Å². The highest BCUT2D eigenvalue weighted by molar-refractivity contribution is 6.12. The quantitative estimate of drug-likeness (QED) is 0.106. The average Bonchev–Trinajstić information content (AvgIpc) is 4.17. The number of alkyl carbamates (subject to hydrolysis) is 2. The third-order valence-electron chi connectivity index (χ3n) is 14.9. The fourth-order valence-electron chi connectivity index (χ4n) is 11.1. The summed E-state index contributed by atoms with van der Waals surface area (Å²) >= 11 is 0.